The van der Waals surface area contributed by atoms with Gasteiger partial charge in [0.1, 0.15) is 5.82 Å². The number of nitrogens with zero attached hydrogens (tertiary/aromatic N) is 1. The highest BCUT2D eigenvalue weighted by atomic mass is 79.9. The Hall–Kier alpha value is -1.68. The van der Waals surface area contributed by atoms with Crippen molar-refractivity contribution in [2.75, 3.05) is 6.54 Å². The first kappa shape index (κ1) is 16.4. The number of hydrogen-bond donors (Lipinski definition) is 0. The summed E-state index contributed by atoms with van der Waals surface area (Å²) in [5.41, 5.74) is 0.467. The Labute approximate surface area is 127 Å². The molecule has 1 aromatic rings. The van der Waals surface area contributed by atoms with E-state index in [0.29, 0.717) is 12.1 Å². The van der Waals surface area contributed by atoms with E-state index in [1.54, 1.807) is 30.4 Å². The van der Waals surface area contributed by atoms with Crippen molar-refractivity contribution in [3.8, 4) is 0 Å². The first-order valence-electron chi connectivity index (χ1n) is 6.21. The van der Waals surface area contributed by atoms with Gasteiger partial charge in [0.2, 0.25) is 5.91 Å². The Morgan fingerprint density at radius 1 is 1.45 bits per heavy atom. The fourth-order valence-corrected chi connectivity index (χ4v) is 2.02. The van der Waals surface area contributed by atoms with Crippen molar-refractivity contribution in [1.29, 1.82) is 0 Å². The van der Waals surface area contributed by atoms with Crippen molar-refractivity contribution in [2.45, 2.75) is 13.5 Å². The number of carbonyl (C=O) groups excluding carboxylic acids is 1. The average molecular weight is 338 g/mol. The molecule has 0 aliphatic carbocycles. The van der Waals surface area contributed by atoms with Gasteiger partial charge >= 0.3 is 0 Å². The lowest BCUT2D eigenvalue weighted by atomic mass is 10.2. The fraction of sp³-hybridized carbons (Fsp3) is 0.188. The molecule has 0 unspecified atom stereocenters. The molecule has 0 aliphatic heterocycles. The van der Waals surface area contributed by atoms with Crippen LogP contribution in [0.15, 0.2) is 59.6 Å². The van der Waals surface area contributed by atoms with Crippen molar-refractivity contribution in [2.24, 2.45) is 0 Å². The quantitative estimate of drug-likeness (QED) is 0.432. The lowest BCUT2D eigenvalue weighted by Gasteiger charge is -2.20. The number of rotatable bonds is 6. The standard InChI is InChI=1S/C16H17BrFNO/c1-3-5-6-7-16(20)19(10-4-2)12-13-11-14(17)8-9-15(13)18/h3-9,11H,2,10,12H2,1H3. The van der Waals surface area contributed by atoms with Gasteiger partial charge in [-0.1, -0.05) is 40.2 Å². The normalized spacial score (nSPS) is 11.2. The van der Waals surface area contributed by atoms with Gasteiger partial charge < -0.3 is 4.90 Å². The molecule has 0 aromatic heterocycles. The zero-order valence-corrected chi connectivity index (χ0v) is 12.9. The second-order valence-corrected chi connectivity index (χ2v) is 5.04. The van der Waals surface area contributed by atoms with Crippen molar-refractivity contribution < 1.29 is 9.18 Å². The molecule has 0 radical (unpaired) electrons. The highest BCUT2D eigenvalue weighted by Gasteiger charge is 2.12. The van der Waals surface area contributed by atoms with E-state index in [-0.39, 0.29) is 18.3 Å². The Morgan fingerprint density at radius 3 is 2.85 bits per heavy atom. The van der Waals surface area contributed by atoms with E-state index >= 15 is 0 Å². The van der Waals surface area contributed by atoms with Crippen LogP contribution in [0.5, 0.6) is 0 Å². The highest BCUT2D eigenvalue weighted by Crippen LogP contribution is 2.17. The summed E-state index contributed by atoms with van der Waals surface area (Å²) < 4.78 is 14.5. The van der Waals surface area contributed by atoms with Crippen LogP contribution in [0.1, 0.15) is 12.5 Å². The van der Waals surface area contributed by atoms with Crippen LogP contribution in [0, 0.1) is 5.82 Å². The highest BCUT2D eigenvalue weighted by molar-refractivity contribution is 9.10. The van der Waals surface area contributed by atoms with Crippen LogP contribution < -0.4 is 0 Å². The van der Waals surface area contributed by atoms with E-state index < -0.39 is 0 Å². The number of carbonyl (C=O) groups is 1. The van der Waals surface area contributed by atoms with E-state index in [1.165, 1.54) is 17.0 Å². The van der Waals surface area contributed by atoms with E-state index in [4.69, 9.17) is 0 Å². The fourth-order valence-electron chi connectivity index (χ4n) is 1.61. The van der Waals surface area contributed by atoms with Gasteiger partial charge in [-0.25, -0.2) is 4.39 Å². The molecule has 0 atom stereocenters. The minimum atomic E-state index is -0.326. The van der Waals surface area contributed by atoms with Gasteiger partial charge in [0.15, 0.2) is 0 Å². The van der Waals surface area contributed by atoms with Crippen LogP contribution in [-0.2, 0) is 11.3 Å². The number of allylic oxidation sites excluding steroid dienone is 3. The van der Waals surface area contributed by atoms with E-state index in [9.17, 15) is 9.18 Å². The number of amides is 1. The zero-order valence-electron chi connectivity index (χ0n) is 11.4. The number of hydrogen-bond acceptors (Lipinski definition) is 1. The maximum atomic E-state index is 13.7. The maximum Gasteiger partial charge on any atom is 0.247 e. The Bertz CT molecular complexity index is 537. The molecule has 0 fully saturated rings. The molecule has 2 nitrogen and oxygen atoms in total. The van der Waals surface area contributed by atoms with E-state index in [0.717, 1.165) is 4.47 Å². The van der Waals surface area contributed by atoms with Gasteiger partial charge in [-0.05, 0) is 25.1 Å². The Balaban J connectivity index is 2.88. The van der Waals surface area contributed by atoms with Crippen molar-refractivity contribution in [1.82, 2.24) is 4.90 Å². The Morgan fingerprint density at radius 2 is 2.20 bits per heavy atom. The van der Waals surface area contributed by atoms with Gasteiger partial charge in [-0.3, -0.25) is 4.79 Å². The molecule has 0 bridgehead atoms. The Kier molecular flexibility index (Phi) is 6.94. The van der Waals surface area contributed by atoms with Crippen molar-refractivity contribution in [3.05, 3.63) is 71.0 Å². The molecule has 0 saturated heterocycles. The number of halogens is 2. The molecule has 4 heteroatoms. The van der Waals surface area contributed by atoms with Gasteiger partial charge in [0.25, 0.3) is 0 Å². The topological polar surface area (TPSA) is 20.3 Å². The maximum absolute atomic E-state index is 13.7. The smallest absolute Gasteiger partial charge is 0.247 e. The van der Waals surface area contributed by atoms with Crippen LogP contribution in [0.3, 0.4) is 0 Å². The lowest BCUT2D eigenvalue weighted by molar-refractivity contribution is -0.126. The minimum Gasteiger partial charge on any atom is -0.331 e. The predicted octanol–water partition coefficient (Wildman–Crippen LogP) is 4.24. The van der Waals surface area contributed by atoms with E-state index in [2.05, 4.69) is 22.5 Å². The monoisotopic (exact) mass is 337 g/mol. The molecule has 1 rings (SSSR count). The first-order valence-corrected chi connectivity index (χ1v) is 7.01. The lowest BCUT2D eigenvalue weighted by Crippen LogP contribution is -2.29. The molecule has 20 heavy (non-hydrogen) atoms. The molecular weight excluding hydrogens is 321 g/mol. The molecule has 0 spiro atoms. The van der Waals surface area contributed by atoms with Crippen molar-refractivity contribution in [3.63, 3.8) is 0 Å². The second-order valence-electron chi connectivity index (χ2n) is 4.13. The molecule has 1 aromatic carbocycles. The molecular formula is C16H17BrFNO. The third-order valence-corrected chi connectivity index (χ3v) is 3.07. The molecule has 106 valence electrons. The average Bonchev–Trinajstić information content (AvgIpc) is 2.42. The molecule has 0 heterocycles. The molecule has 0 N–H and O–H groups in total. The SMILES string of the molecule is C=CCN(Cc1cc(Br)ccc1F)C(=O)C=CC=CC. The van der Waals surface area contributed by atoms with Gasteiger partial charge in [0, 0.05) is 29.2 Å². The van der Waals surface area contributed by atoms with Gasteiger partial charge in [-0.2, -0.15) is 0 Å². The van der Waals surface area contributed by atoms with Crippen molar-refractivity contribution >= 4 is 21.8 Å². The van der Waals surface area contributed by atoms with Crippen LogP contribution >= 0.6 is 15.9 Å². The van der Waals surface area contributed by atoms with Crippen LogP contribution in [0.4, 0.5) is 4.39 Å². The minimum absolute atomic E-state index is 0.178. The molecule has 0 aliphatic rings. The summed E-state index contributed by atoms with van der Waals surface area (Å²) in [6.07, 6.45) is 8.34. The second kappa shape index (κ2) is 8.48. The summed E-state index contributed by atoms with van der Waals surface area (Å²) in [5, 5.41) is 0. The summed E-state index contributed by atoms with van der Waals surface area (Å²) in [7, 11) is 0. The van der Waals surface area contributed by atoms with Gasteiger partial charge in [-0.15, -0.1) is 6.58 Å². The summed E-state index contributed by atoms with van der Waals surface area (Å²) in [6.45, 7) is 6.06. The zero-order chi connectivity index (χ0) is 15.0. The largest absolute Gasteiger partial charge is 0.331 e. The molecule has 1 amide bonds. The summed E-state index contributed by atoms with van der Waals surface area (Å²) in [5.74, 6) is -0.505. The molecule has 0 saturated carbocycles. The summed E-state index contributed by atoms with van der Waals surface area (Å²) in [4.78, 5) is 13.6. The van der Waals surface area contributed by atoms with Gasteiger partial charge in [0.05, 0.1) is 0 Å². The van der Waals surface area contributed by atoms with E-state index in [1.807, 2.05) is 13.0 Å². The third kappa shape index (κ3) is 5.13. The predicted molar refractivity (Wildman–Crippen MR) is 83.7 cm³/mol. The van der Waals surface area contributed by atoms with Crippen LogP contribution in [-0.4, -0.2) is 17.4 Å². The third-order valence-electron chi connectivity index (χ3n) is 2.57. The van der Waals surface area contributed by atoms with Crippen LogP contribution in [0.25, 0.3) is 0 Å². The number of benzene rings is 1. The summed E-state index contributed by atoms with van der Waals surface area (Å²) in [6, 6.07) is 4.68. The van der Waals surface area contributed by atoms with Crippen LogP contribution in [0.2, 0.25) is 0 Å². The summed E-state index contributed by atoms with van der Waals surface area (Å²) >= 11 is 3.30. The first-order chi connectivity index (χ1) is 9.58.